The van der Waals surface area contributed by atoms with Gasteiger partial charge in [0.15, 0.2) is 0 Å². The molecule has 84 valence electrons. The highest BCUT2D eigenvalue weighted by atomic mass is 35.5. The second-order valence-corrected chi connectivity index (χ2v) is 5.09. The molecule has 2 aromatic rings. The Labute approximate surface area is 109 Å². The first-order valence-electron chi connectivity index (χ1n) is 4.91. The van der Waals surface area contributed by atoms with Crippen LogP contribution in [0.1, 0.15) is 11.1 Å². The molecule has 1 aromatic heterocycles. The van der Waals surface area contributed by atoms with E-state index >= 15 is 0 Å². The molecule has 0 amide bonds. The van der Waals surface area contributed by atoms with Crippen LogP contribution in [0.15, 0.2) is 35.0 Å². The maximum absolute atomic E-state index is 6.06. The fraction of sp³-hybridized carbons (Fsp3) is 0.167. The second kappa shape index (κ2) is 5.69. The molecule has 0 unspecified atom stereocenters. The summed E-state index contributed by atoms with van der Waals surface area (Å²) in [7, 11) is 0. The molecular formula is C12H11Cl2NS. The first kappa shape index (κ1) is 11.9. The van der Waals surface area contributed by atoms with E-state index in [1.807, 2.05) is 12.1 Å². The van der Waals surface area contributed by atoms with Crippen molar-refractivity contribution in [3.05, 3.63) is 56.2 Å². The molecule has 1 N–H and O–H groups in total. The molecule has 2 rings (SSSR count). The van der Waals surface area contributed by atoms with Crippen molar-refractivity contribution in [2.75, 3.05) is 0 Å². The van der Waals surface area contributed by atoms with Crippen molar-refractivity contribution in [2.24, 2.45) is 0 Å². The highest BCUT2D eigenvalue weighted by molar-refractivity contribution is 7.07. The van der Waals surface area contributed by atoms with Crippen molar-refractivity contribution in [2.45, 2.75) is 13.1 Å². The van der Waals surface area contributed by atoms with E-state index in [0.717, 1.165) is 28.7 Å². The van der Waals surface area contributed by atoms with Gasteiger partial charge in [0.05, 0.1) is 0 Å². The highest BCUT2D eigenvalue weighted by Crippen LogP contribution is 2.20. The van der Waals surface area contributed by atoms with E-state index in [1.54, 1.807) is 17.4 Å². The molecule has 0 spiro atoms. The van der Waals surface area contributed by atoms with Crippen molar-refractivity contribution < 1.29 is 0 Å². The monoisotopic (exact) mass is 271 g/mol. The smallest absolute Gasteiger partial charge is 0.0451 e. The molecule has 0 aliphatic heterocycles. The van der Waals surface area contributed by atoms with Gasteiger partial charge in [-0.05, 0) is 46.2 Å². The predicted molar refractivity (Wildman–Crippen MR) is 71.3 cm³/mol. The Kier molecular flexibility index (Phi) is 4.24. The summed E-state index contributed by atoms with van der Waals surface area (Å²) in [4.78, 5) is 0. The van der Waals surface area contributed by atoms with Gasteiger partial charge >= 0.3 is 0 Å². The van der Waals surface area contributed by atoms with E-state index in [1.165, 1.54) is 5.56 Å². The molecule has 0 atom stereocenters. The first-order valence-corrected chi connectivity index (χ1v) is 6.61. The molecule has 0 aliphatic rings. The zero-order valence-electron chi connectivity index (χ0n) is 8.54. The third-order valence-electron chi connectivity index (χ3n) is 2.23. The maximum atomic E-state index is 6.06. The van der Waals surface area contributed by atoms with Gasteiger partial charge in [-0.1, -0.05) is 23.2 Å². The fourth-order valence-corrected chi connectivity index (χ4v) is 2.46. The van der Waals surface area contributed by atoms with Crippen LogP contribution in [0, 0.1) is 0 Å². The summed E-state index contributed by atoms with van der Waals surface area (Å²) in [6.45, 7) is 1.58. The van der Waals surface area contributed by atoms with Gasteiger partial charge in [0.25, 0.3) is 0 Å². The minimum absolute atomic E-state index is 0.719. The van der Waals surface area contributed by atoms with Crippen LogP contribution in [0.3, 0.4) is 0 Å². The summed E-state index contributed by atoms with van der Waals surface area (Å²) < 4.78 is 0. The zero-order valence-corrected chi connectivity index (χ0v) is 10.9. The molecule has 1 nitrogen and oxygen atoms in total. The van der Waals surface area contributed by atoms with E-state index < -0.39 is 0 Å². The van der Waals surface area contributed by atoms with Gasteiger partial charge in [-0.3, -0.25) is 0 Å². The van der Waals surface area contributed by atoms with Gasteiger partial charge in [0.1, 0.15) is 0 Å². The van der Waals surface area contributed by atoms with E-state index in [9.17, 15) is 0 Å². The Morgan fingerprint density at radius 1 is 1.12 bits per heavy atom. The molecule has 0 radical (unpaired) electrons. The molecule has 4 heteroatoms. The summed E-state index contributed by atoms with van der Waals surface area (Å²) >= 11 is 13.7. The Morgan fingerprint density at radius 2 is 2.00 bits per heavy atom. The summed E-state index contributed by atoms with van der Waals surface area (Å²) in [6.07, 6.45) is 0. The summed E-state index contributed by atoms with van der Waals surface area (Å²) in [5.74, 6) is 0. The van der Waals surface area contributed by atoms with Crippen LogP contribution in [0.5, 0.6) is 0 Å². The van der Waals surface area contributed by atoms with E-state index in [2.05, 4.69) is 22.1 Å². The average Bonchev–Trinajstić information content (AvgIpc) is 2.76. The summed E-state index contributed by atoms with van der Waals surface area (Å²) in [6, 6.07) is 7.62. The Morgan fingerprint density at radius 3 is 2.75 bits per heavy atom. The quantitative estimate of drug-likeness (QED) is 0.872. The van der Waals surface area contributed by atoms with Gasteiger partial charge in [0, 0.05) is 23.1 Å². The van der Waals surface area contributed by atoms with Crippen LogP contribution < -0.4 is 5.32 Å². The van der Waals surface area contributed by atoms with Gasteiger partial charge in [-0.15, -0.1) is 0 Å². The van der Waals surface area contributed by atoms with Gasteiger partial charge < -0.3 is 5.32 Å². The molecule has 1 aromatic carbocycles. The Balaban J connectivity index is 1.92. The van der Waals surface area contributed by atoms with Crippen molar-refractivity contribution in [1.82, 2.24) is 5.32 Å². The predicted octanol–water partition coefficient (Wildman–Crippen LogP) is 4.34. The number of hydrogen-bond donors (Lipinski definition) is 1. The average molecular weight is 272 g/mol. The number of hydrogen-bond acceptors (Lipinski definition) is 2. The molecule has 0 aliphatic carbocycles. The van der Waals surface area contributed by atoms with Crippen LogP contribution in [0.4, 0.5) is 0 Å². The van der Waals surface area contributed by atoms with Crippen LogP contribution in [-0.2, 0) is 13.1 Å². The topological polar surface area (TPSA) is 12.0 Å². The van der Waals surface area contributed by atoms with Crippen LogP contribution >= 0.6 is 34.5 Å². The molecule has 0 saturated heterocycles. The van der Waals surface area contributed by atoms with Crippen molar-refractivity contribution in [1.29, 1.82) is 0 Å². The van der Waals surface area contributed by atoms with Crippen molar-refractivity contribution in [3.8, 4) is 0 Å². The molecule has 1 heterocycles. The summed E-state index contributed by atoms with van der Waals surface area (Å²) in [5.41, 5.74) is 2.33. The first-order chi connectivity index (χ1) is 7.75. The van der Waals surface area contributed by atoms with Gasteiger partial charge in [-0.2, -0.15) is 11.3 Å². The van der Waals surface area contributed by atoms with Gasteiger partial charge in [0.2, 0.25) is 0 Å². The Hall–Kier alpha value is -0.540. The highest BCUT2D eigenvalue weighted by Gasteiger charge is 2.01. The minimum atomic E-state index is 0.719. The third-order valence-corrected chi connectivity index (χ3v) is 3.57. The minimum Gasteiger partial charge on any atom is -0.309 e. The third kappa shape index (κ3) is 3.22. The van der Waals surface area contributed by atoms with Crippen molar-refractivity contribution >= 4 is 34.5 Å². The SMILES string of the molecule is Clc1ccc(Cl)c(CNCc2ccsc2)c1. The molecule has 0 saturated carbocycles. The normalized spacial score (nSPS) is 10.6. The van der Waals surface area contributed by atoms with Crippen LogP contribution in [0.25, 0.3) is 0 Å². The molecule has 16 heavy (non-hydrogen) atoms. The number of rotatable bonds is 4. The lowest BCUT2D eigenvalue weighted by molar-refractivity contribution is 0.695. The number of nitrogens with one attached hydrogen (secondary N) is 1. The number of thiophene rings is 1. The van der Waals surface area contributed by atoms with Crippen molar-refractivity contribution in [3.63, 3.8) is 0 Å². The summed E-state index contributed by atoms with van der Waals surface area (Å²) in [5, 5.41) is 9.01. The number of benzene rings is 1. The molecule has 0 fully saturated rings. The van der Waals surface area contributed by atoms with E-state index in [-0.39, 0.29) is 0 Å². The molecular weight excluding hydrogens is 261 g/mol. The lowest BCUT2D eigenvalue weighted by Crippen LogP contribution is -2.12. The standard InChI is InChI=1S/C12H11Cl2NS/c13-11-1-2-12(14)10(5-11)7-15-6-9-3-4-16-8-9/h1-5,8,15H,6-7H2. The lowest BCUT2D eigenvalue weighted by atomic mass is 10.2. The lowest BCUT2D eigenvalue weighted by Gasteiger charge is -2.06. The van der Waals surface area contributed by atoms with Crippen LogP contribution in [-0.4, -0.2) is 0 Å². The van der Waals surface area contributed by atoms with Crippen LogP contribution in [0.2, 0.25) is 10.0 Å². The largest absolute Gasteiger partial charge is 0.309 e. The maximum Gasteiger partial charge on any atom is 0.0451 e. The number of halogens is 2. The zero-order chi connectivity index (χ0) is 11.4. The molecule has 0 bridgehead atoms. The van der Waals surface area contributed by atoms with Gasteiger partial charge in [-0.25, -0.2) is 0 Å². The van der Waals surface area contributed by atoms with E-state index in [0.29, 0.717) is 0 Å². The fourth-order valence-electron chi connectivity index (χ4n) is 1.41. The van der Waals surface area contributed by atoms with E-state index in [4.69, 9.17) is 23.2 Å². The Bertz CT molecular complexity index is 454. The second-order valence-electron chi connectivity index (χ2n) is 3.47.